The number of pyridine rings is 1. The van der Waals surface area contributed by atoms with Crippen molar-refractivity contribution in [2.24, 2.45) is 0 Å². The fraction of sp³-hybridized carbons (Fsp3) is 0.160. The standard InChI is InChI=1S/C25H21NO4/c1-15(2)18-8-6-17(7-9-18)13-22-23(27)20-10-11-21(16(3)24(20)29-22)30-25(28)19-5-4-12-26-14-19/h4-15H,1-3H3/b22-13-. The van der Waals surface area contributed by atoms with Crippen LogP contribution >= 0.6 is 0 Å². The van der Waals surface area contributed by atoms with E-state index in [1.807, 2.05) is 24.3 Å². The summed E-state index contributed by atoms with van der Waals surface area (Å²) in [4.78, 5) is 29.0. The van der Waals surface area contributed by atoms with Crippen LogP contribution in [0.4, 0.5) is 0 Å². The maximum absolute atomic E-state index is 12.8. The first-order chi connectivity index (χ1) is 14.4. The van der Waals surface area contributed by atoms with E-state index >= 15 is 0 Å². The third-order valence-electron chi connectivity index (χ3n) is 5.04. The molecule has 0 atom stereocenters. The Morgan fingerprint density at radius 3 is 2.53 bits per heavy atom. The molecule has 0 fully saturated rings. The normalized spacial score (nSPS) is 14.0. The van der Waals surface area contributed by atoms with E-state index in [-0.39, 0.29) is 11.5 Å². The van der Waals surface area contributed by atoms with E-state index in [0.717, 1.165) is 5.56 Å². The van der Waals surface area contributed by atoms with E-state index in [2.05, 4.69) is 18.8 Å². The highest BCUT2D eigenvalue weighted by molar-refractivity contribution is 6.15. The number of nitrogens with zero attached hydrogens (tertiary/aromatic N) is 1. The Bertz CT molecular complexity index is 1150. The lowest BCUT2D eigenvalue weighted by Crippen LogP contribution is -2.09. The van der Waals surface area contributed by atoms with Gasteiger partial charge in [0, 0.05) is 18.0 Å². The van der Waals surface area contributed by atoms with Crippen LogP contribution in [-0.2, 0) is 0 Å². The molecule has 0 saturated carbocycles. The number of benzene rings is 2. The van der Waals surface area contributed by atoms with Gasteiger partial charge in [0.2, 0.25) is 5.78 Å². The molecular weight excluding hydrogens is 378 g/mol. The molecule has 0 N–H and O–H groups in total. The summed E-state index contributed by atoms with van der Waals surface area (Å²) in [5.41, 5.74) is 3.52. The number of Topliss-reactive ketones (excluding diaryl/α,β-unsaturated/α-hetero) is 1. The predicted molar refractivity (Wildman–Crippen MR) is 114 cm³/mol. The first-order valence-electron chi connectivity index (χ1n) is 9.74. The minimum absolute atomic E-state index is 0.189. The van der Waals surface area contributed by atoms with Crippen molar-refractivity contribution < 1.29 is 19.1 Å². The second kappa shape index (κ2) is 7.95. The van der Waals surface area contributed by atoms with Gasteiger partial charge in [-0.25, -0.2) is 4.79 Å². The van der Waals surface area contributed by atoms with E-state index in [4.69, 9.17) is 9.47 Å². The Morgan fingerprint density at radius 2 is 1.87 bits per heavy atom. The lowest BCUT2D eigenvalue weighted by molar-refractivity contribution is 0.0732. The Labute approximate surface area is 175 Å². The highest BCUT2D eigenvalue weighted by atomic mass is 16.5. The molecule has 0 spiro atoms. The molecule has 0 bridgehead atoms. The van der Waals surface area contributed by atoms with Crippen LogP contribution in [0.1, 0.15) is 57.2 Å². The molecule has 5 heteroatoms. The Balaban J connectivity index is 1.58. The van der Waals surface area contributed by atoms with Crippen molar-refractivity contribution in [3.05, 3.63) is 94.5 Å². The molecular formula is C25H21NO4. The molecule has 2 heterocycles. The molecule has 5 nitrogen and oxygen atoms in total. The van der Waals surface area contributed by atoms with Crippen molar-refractivity contribution in [3.63, 3.8) is 0 Å². The van der Waals surface area contributed by atoms with Crippen LogP contribution < -0.4 is 9.47 Å². The second-order valence-electron chi connectivity index (χ2n) is 7.46. The molecule has 1 aliphatic heterocycles. The van der Waals surface area contributed by atoms with Crippen molar-refractivity contribution >= 4 is 17.8 Å². The van der Waals surface area contributed by atoms with E-state index in [1.54, 1.807) is 43.5 Å². The fourth-order valence-electron chi connectivity index (χ4n) is 3.25. The summed E-state index contributed by atoms with van der Waals surface area (Å²) in [7, 11) is 0. The summed E-state index contributed by atoms with van der Waals surface area (Å²) in [6.07, 6.45) is 4.75. The van der Waals surface area contributed by atoms with E-state index in [9.17, 15) is 9.59 Å². The van der Waals surface area contributed by atoms with Crippen LogP contribution in [0.15, 0.2) is 66.7 Å². The molecule has 1 aliphatic rings. The fourth-order valence-corrected chi connectivity index (χ4v) is 3.25. The van der Waals surface area contributed by atoms with Crippen molar-refractivity contribution in [2.75, 3.05) is 0 Å². The molecule has 0 radical (unpaired) electrons. The number of carbonyl (C=O) groups excluding carboxylic acids is 2. The first kappa shape index (κ1) is 19.6. The minimum atomic E-state index is -0.517. The van der Waals surface area contributed by atoms with Gasteiger partial charge >= 0.3 is 5.97 Å². The Hall–Kier alpha value is -3.73. The monoisotopic (exact) mass is 399 g/mol. The molecule has 0 aliphatic carbocycles. The Morgan fingerprint density at radius 1 is 1.10 bits per heavy atom. The third-order valence-corrected chi connectivity index (χ3v) is 5.04. The number of ether oxygens (including phenoxy) is 2. The largest absolute Gasteiger partial charge is 0.452 e. The highest BCUT2D eigenvalue weighted by Gasteiger charge is 2.30. The average molecular weight is 399 g/mol. The van der Waals surface area contributed by atoms with Crippen molar-refractivity contribution in [1.29, 1.82) is 0 Å². The SMILES string of the molecule is Cc1c(OC(=O)c2cccnc2)ccc2c1O/C(=C\c1ccc(C(C)C)cc1)C2=O. The zero-order valence-corrected chi connectivity index (χ0v) is 17.0. The second-order valence-corrected chi connectivity index (χ2v) is 7.46. The van der Waals surface area contributed by atoms with Crippen LogP contribution in [0.5, 0.6) is 11.5 Å². The number of esters is 1. The van der Waals surface area contributed by atoms with Crippen molar-refractivity contribution in [3.8, 4) is 11.5 Å². The van der Waals surface area contributed by atoms with Crippen LogP contribution in [0.25, 0.3) is 6.08 Å². The topological polar surface area (TPSA) is 65.5 Å². The molecule has 150 valence electrons. The number of hydrogen-bond donors (Lipinski definition) is 0. The van der Waals surface area contributed by atoms with Gasteiger partial charge in [-0.3, -0.25) is 9.78 Å². The first-order valence-corrected chi connectivity index (χ1v) is 9.74. The van der Waals surface area contributed by atoms with Gasteiger partial charge < -0.3 is 9.47 Å². The van der Waals surface area contributed by atoms with Crippen molar-refractivity contribution in [1.82, 2.24) is 4.98 Å². The molecule has 3 aromatic rings. The maximum atomic E-state index is 12.8. The van der Waals surface area contributed by atoms with Gasteiger partial charge in [-0.05, 0) is 54.3 Å². The number of aromatic nitrogens is 1. The minimum Gasteiger partial charge on any atom is -0.452 e. The average Bonchev–Trinajstić information content (AvgIpc) is 3.07. The number of hydrogen-bond acceptors (Lipinski definition) is 5. The highest BCUT2D eigenvalue weighted by Crippen LogP contribution is 2.39. The van der Waals surface area contributed by atoms with Gasteiger partial charge in [0.15, 0.2) is 5.76 Å². The number of rotatable bonds is 4. The Kier molecular flexibility index (Phi) is 5.19. The number of ketones is 1. The molecule has 0 amide bonds. The zero-order chi connectivity index (χ0) is 21.3. The smallest absolute Gasteiger partial charge is 0.345 e. The predicted octanol–water partition coefficient (Wildman–Crippen LogP) is 5.35. The summed E-state index contributed by atoms with van der Waals surface area (Å²) in [6, 6.07) is 14.6. The zero-order valence-electron chi connectivity index (χ0n) is 17.0. The quantitative estimate of drug-likeness (QED) is 0.336. The molecule has 1 aromatic heterocycles. The molecule has 4 rings (SSSR count). The molecule has 0 saturated heterocycles. The maximum Gasteiger partial charge on any atom is 0.345 e. The van der Waals surface area contributed by atoms with Gasteiger partial charge in [0.25, 0.3) is 0 Å². The lowest BCUT2D eigenvalue weighted by atomic mass is 10.0. The number of allylic oxidation sites excluding steroid dienone is 1. The summed E-state index contributed by atoms with van der Waals surface area (Å²) in [5, 5.41) is 0. The van der Waals surface area contributed by atoms with Crippen LogP contribution in [-0.4, -0.2) is 16.7 Å². The summed E-state index contributed by atoms with van der Waals surface area (Å²) in [6.45, 7) is 6.03. The van der Waals surface area contributed by atoms with E-state index in [1.165, 1.54) is 11.8 Å². The van der Waals surface area contributed by atoms with Gasteiger partial charge in [-0.2, -0.15) is 0 Å². The van der Waals surface area contributed by atoms with Crippen LogP contribution in [0, 0.1) is 6.92 Å². The van der Waals surface area contributed by atoms with Gasteiger partial charge in [0.05, 0.1) is 11.1 Å². The van der Waals surface area contributed by atoms with E-state index < -0.39 is 5.97 Å². The lowest BCUT2D eigenvalue weighted by Gasteiger charge is -2.10. The molecule has 30 heavy (non-hydrogen) atoms. The molecule has 0 unspecified atom stereocenters. The summed E-state index contributed by atoms with van der Waals surface area (Å²) < 4.78 is 11.4. The summed E-state index contributed by atoms with van der Waals surface area (Å²) >= 11 is 0. The van der Waals surface area contributed by atoms with Crippen LogP contribution in [0.2, 0.25) is 0 Å². The van der Waals surface area contributed by atoms with Gasteiger partial charge in [-0.1, -0.05) is 38.1 Å². The number of carbonyl (C=O) groups is 2. The van der Waals surface area contributed by atoms with Gasteiger partial charge in [-0.15, -0.1) is 0 Å². The summed E-state index contributed by atoms with van der Waals surface area (Å²) in [5.74, 6) is 0.749. The third kappa shape index (κ3) is 3.74. The van der Waals surface area contributed by atoms with Crippen LogP contribution in [0.3, 0.4) is 0 Å². The number of fused-ring (bicyclic) bond motifs is 1. The van der Waals surface area contributed by atoms with Crippen molar-refractivity contribution in [2.45, 2.75) is 26.7 Å². The molecule has 2 aromatic carbocycles. The van der Waals surface area contributed by atoms with Gasteiger partial charge in [0.1, 0.15) is 11.5 Å². The van der Waals surface area contributed by atoms with E-state index in [0.29, 0.717) is 34.1 Å².